The fourth-order valence-corrected chi connectivity index (χ4v) is 4.87. The second-order valence-electron chi connectivity index (χ2n) is 10.1. The third-order valence-corrected chi connectivity index (χ3v) is 7.29. The number of phenolic OH excluding ortho intramolecular Hbond substituents is 2. The van der Waals surface area contributed by atoms with Crippen molar-refractivity contribution in [2.45, 2.75) is 61.4 Å². The van der Waals surface area contributed by atoms with Gasteiger partial charge in [-0.3, -0.25) is 4.79 Å². The van der Waals surface area contributed by atoms with E-state index < -0.39 is 91.6 Å². The van der Waals surface area contributed by atoms with Crippen LogP contribution in [0.4, 0.5) is 0 Å². The minimum absolute atomic E-state index is 0.0298. The summed E-state index contributed by atoms with van der Waals surface area (Å²) in [7, 11) is 0. The summed E-state index contributed by atoms with van der Waals surface area (Å²) in [5, 5.41) is 99.8. The zero-order valence-corrected chi connectivity index (χ0v) is 22.1. The molecule has 16 heteroatoms. The molecule has 234 valence electrons. The van der Waals surface area contributed by atoms with E-state index in [9.17, 15) is 55.9 Å². The van der Waals surface area contributed by atoms with Gasteiger partial charge in [0, 0.05) is 23.8 Å². The third-order valence-electron chi connectivity index (χ3n) is 7.29. The van der Waals surface area contributed by atoms with E-state index in [4.69, 9.17) is 23.4 Å². The topological polar surface area (TPSA) is 269 Å². The van der Waals surface area contributed by atoms with Gasteiger partial charge >= 0.3 is 0 Å². The van der Waals surface area contributed by atoms with Crippen LogP contribution in [0.15, 0.2) is 45.8 Å². The van der Waals surface area contributed by atoms with E-state index in [1.165, 1.54) is 18.2 Å². The lowest BCUT2D eigenvalue weighted by Crippen LogP contribution is -2.60. The van der Waals surface area contributed by atoms with Crippen LogP contribution in [0.25, 0.3) is 22.1 Å². The number of fused-ring (bicyclic) bond motifs is 1. The molecule has 16 nitrogen and oxygen atoms in total. The number of aliphatic hydroxyl groups excluding tert-OH is 8. The van der Waals surface area contributed by atoms with Crippen LogP contribution in [0.5, 0.6) is 23.0 Å². The number of ether oxygens (including phenoxy) is 4. The number of rotatable bonds is 7. The average molecular weight is 611 g/mol. The maximum Gasteiger partial charge on any atom is 0.229 e. The molecule has 0 radical (unpaired) electrons. The molecule has 43 heavy (non-hydrogen) atoms. The van der Waals surface area contributed by atoms with E-state index in [0.717, 1.165) is 18.4 Å². The van der Waals surface area contributed by atoms with Crippen molar-refractivity contribution in [1.82, 2.24) is 0 Å². The minimum Gasteiger partial charge on any atom is -0.507 e. The normalized spacial score (nSPS) is 32.9. The smallest absolute Gasteiger partial charge is 0.229 e. The SMILES string of the molecule is O=c1c(-c2ccc(OC3OC(CO)C(O)C(O)C3O)cc2O)coc2cc(OC3OC(CO)C(O)C(O)C3O)cc(O)c12. The van der Waals surface area contributed by atoms with E-state index in [-0.39, 0.29) is 33.6 Å². The van der Waals surface area contributed by atoms with E-state index in [1.54, 1.807) is 0 Å². The van der Waals surface area contributed by atoms with Crippen molar-refractivity contribution in [3.05, 3.63) is 46.8 Å². The van der Waals surface area contributed by atoms with Gasteiger partial charge in [-0.05, 0) is 12.1 Å². The summed E-state index contributed by atoms with van der Waals surface area (Å²) in [4.78, 5) is 13.3. The Kier molecular flexibility index (Phi) is 8.77. The summed E-state index contributed by atoms with van der Waals surface area (Å²) in [5.41, 5.74) is -1.11. The van der Waals surface area contributed by atoms with Crippen molar-refractivity contribution in [3.8, 4) is 34.1 Å². The molecule has 0 amide bonds. The second kappa shape index (κ2) is 12.2. The van der Waals surface area contributed by atoms with Crippen molar-refractivity contribution >= 4 is 11.0 Å². The van der Waals surface area contributed by atoms with Crippen LogP contribution in [-0.2, 0) is 9.47 Å². The first-order valence-electron chi connectivity index (χ1n) is 13.0. The van der Waals surface area contributed by atoms with E-state index >= 15 is 0 Å². The molecule has 0 bridgehead atoms. The highest BCUT2D eigenvalue weighted by Crippen LogP contribution is 2.36. The van der Waals surface area contributed by atoms with Crippen LogP contribution in [0.1, 0.15) is 0 Å². The summed E-state index contributed by atoms with van der Waals surface area (Å²) in [6.07, 6.45) is -14.5. The summed E-state index contributed by atoms with van der Waals surface area (Å²) < 4.78 is 27.1. The van der Waals surface area contributed by atoms with Gasteiger partial charge in [-0.2, -0.15) is 0 Å². The Bertz CT molecular complexity index is 1500. The first kappa shape index (κ1) is 30.9. The quantitative estimate of drug-likeness (QED) is 0.130. The van der Waals surface area contributed by atoms with E-state index in [1.807, 2.05) is 0 Å². The molecule has 10 N–H and O–H groups in total. The molecule has 0 spiro atoms. The Morgan fingerprint density at radius 1 is 0.651 bits per heavy atom. The van der Waals surface area contributed by atoms with Crippen molar-refractivity contribution in [3.63, 3.8) is 0 Å². The number of hydrogen-bond donors (Lipinski definition) is 10. The second-order valence-corrected chi connectivity index (χ2v) is 10.1. The molecule has 2 aliphatic heterocycles. The Balaban J connectivity index is 1.38. The molecule has 0 aliphatic carbocycles. The summed E-state index contributed by atoms with van der Waals surface area (Å²) in [6.45, 7) is -1.35. The van der Waals surface area contributed by atoms with Gasteiger partial charge in [-0.15, -0.1) is 0 Å². The molecule has 2 aliphatic rings. The van der Waals surface area contributed by atoms with Gasteiger partial charge < -0.3 is 74.4 Å². The first-order valence-corrected chi connectivity index (χ1v) is 13.0. The number of benzene rings is 2. The predicted octanol–water partition coefficient (Wildman–Crippen LogP) is -2.77. The molecule has 10 atom stereocenters. The van der Waals surface area contributed by atoms with Crippen molar-refractivity contribution < 1.29 is 74.4 Å². The van der Waals surface area contributed by atoms with Crippen LogP contribution in [0.3, 0.4) is 0 Å². The third kappa shape index (κ3) is 5.73. The number of aromatic hydroxyl groups is 2. The lowest BCUT2D eigenvalue weighted by atomic mass is 9.99. The fourth-order valence-electron chi connectivity index (χ4n) is 4.87. The molecule has 2 fully saturated rings. The highest BCUT2D eigenvalue weighted by molar-refractivity contribution is 5.88. The lowest BCUT2D eigenvalue weighted by molar-refractivity contribution is -0.277. The molecule has 5 rings (SSSR count). The van der Waals surface area contributed by atoms with Crippen LogP contribution in [-0.4, -0.2) is 126 Å². The molecule has 2 saturated heterocycles. The van der Waals surface area contributed by atoms with E-state index in [2.05, 4.69) is 0 Å². The zero-order valence-electron chi connectivity index (χ0n) is 22.1. The Hall–Kier alpha value is -3.55. The van der Waals surface area contributed by atoms with Crippen LogP contribution >= 0.6 is 0 Å². The van der Waals surface area contributed by atoms with Crippen LogP contribution < -0.4 is 14.9 Å². The molecule has 0 saturated carbocycles. The van der Waals surface area contributed by atoms with Crippen molar-refractivity contribution in [1.29, 1.82) is 0 Å². The molecular weight excluding hydrogens is 580 g/mol. The maximum atomic E-state index is 13.3. The average Bonchev–Trinajstić information content (AvgIpc) is 2.98. The first-order chi connectivity index (χ1) is 20.4. The van der Waals surface area contributed by atoms with Crippen LogP contribution in [0, 0.1) is 0 Å². The van der Waals surface area contributed by atoms with Crippen molar-refractivity contribution in [2.75, 3.05) is 13.2 Å². The number of aliphatic hydroxyl groups is 8. The van der Waals surface area contributed by atoms with Gasteiger partial charge in [-0.1, -0.05) is 0 Å². The summed E-state index contributed by atoms with van der Waals surface area (Å²) in [5.74, 6) is -1.29. The molecular formula is C27H30O16. The largest absolute Gasteiger partial charge is 0.507 e. The molecule has 2 aromatic carbocycles. The van der Waals surface area contributed by atoms with Gasteiger partial charge in [0.05, 0.1) is 18.8 Å². The summed E-state index contributed by atoms with van der Waals surface area (Å²) in [6, 6.07) is 5.87. The molecule has 1 aromatic heterocycles. The minimum atomic E-state index is -1.72. The van der Waals surface area contributed by atoms with E-state index in [0.29, 0.717) is 0 Å². The Labute approximate surface area is 241 Å². The van der Waals surface area contributed by atoms with Gasteiger partial charge in [0.2, 0.25) is 18.0 Å². The standard InChI is InChI=1S/C27H30O16/c28-6-16-20(33)22(35)24(37)26(42-16)40-9-1-2-11(13(30)3-9)12-8-39-15-5-10(4-14(31)18(15)19(12)32)41-27-25(38)23(36)21(34)17(7-29)43-27/h1-5,8,16-17,20-31,33-38H,6-7H2. The zero-order chi connectivity index (χ0) is 31.2. The maximum absolute atomic E-state index is 13.3. The number of hydrogen-bond acceptors (Lipinski definition) is 16. The molecule has 3 heterocycles. The number of phenols is 2. The van der Waals surface area contributed by atoms with Gasteiger partial charge in [0.15, 0.2) is 0 Å². The van der Waals surface area contributed by atoms with Crippen LogP contribution in [0.2, 0.25) is 0 Å². The highest BCUT2D eigenvalue weighted by atomic mass is 16.7. The lowest BCUT2D eigenvalue weighted by Gasteiger charge is -2.39. The predicted molar refractivity (Wildman–Crippen MR) is 140 cm³/mol. The molecule has 3 aromatic rings. The Morgan fingerprint density at radius 2 is 1.19 bits per heavy atom. The molecule has 10 unspecified atom stereocenters. The van der Waals surface area contributed by atoms with Gasteiger partial charge in [-0.25, -0.2) is 0 Å². The summed E-state index contributed by atoms with van der Waals surface area (Å²) >= 11 is 0. The monoisotopic (exact) mass is 610 g/mol. The van der Waals surface area contributed by atoms with Gasteiger partial charge in [0.1, 0.15) is 89.1 Å². The fraction of sp³-hybridized carbons (Fsp3) is 0.444. The Morgan fingerprint density at radius 3 is 1.72 bits per heavy atom. The van der Waals surface area contributed by atoms with Gasteiger partial charge in [0.25, 0.3) is 0 Å². The highest BCUT2D eigenvalue weighted by Gasteiger charge is 2.46. The van der Waals surface area contributed by atoms with Crippen molar-refractivity contribution in [2.24, 2.45) is 0 Å².